The number of ether oxygens (including phenoxy) is 1. The number of methoxy groups -OCH3 is 1. The first-order valence-electron chi connectivity index (χ1n) is 7.26. The molecule has 1 heterocycles. The van der Waals surface area contributed by atoms with Crippen molar-refractivity contribution in [3.05, 3.63) is 72.1 Å². The van der Waals surface area contributed by atoms with Gasteiger partial charge in [0.2, 0.25) is 0 Å². The molecule has 1 aromatic heterocycles. The predicted molar refractivity (Wildman–Crippen MR) is 90.8 cm³/mol. The lowest BCUT2D eigenvalue weighted by Crippen LogP contribution is -2.11. The summed E-state index contributed by atoms with van der Waals surface area (Å²) in [5.74, 6) is 1.75. The van der Waals surface area contributed by atoms with Crippen molar-refractivity contribution < 1.29 is 4.74 Å². The summed E-state index contributed by atoms with van der Waals surface area (Å²) in [6.07, 6.45) is 3.72. The molecular weight excluding hydrogens is 288 g/mol. The Balaban J connectivity index is 1.92. The van der Waals surface area contributed by atoms with Gasteiger partial charge in [0.25, 0.3) is 0 Å². The second kappa shape index (κ2) is 6.36. The van der Waals surface area contributed by atoms with Crippen LogP contribution in [0.1, 0.15) is 11.1 Å². The Morgan fingerprint density at radius 2 is 2.04 bits per heavy atom. The molecule has 0 spiro atoms. The number of aromatic nitrogens is 2. The Bertz CT molecular complexity index is 838. The van der Waals surface area contributed by atoms with Crippen LogP contribution in [0, 0.1) is 5.41 Å². The molecule has 2 aromatic carbocycles. The number of nitrogens with one attached hydrogen (secondary N) is 1. The summed E-state index contributed by atoms with van der Waals surface area (Å²) in [5.41, 5.74) is 8.35. The van der Waals surface area contributed by atoms with Crippen LogP contribution >= 0.6 is 0 Å². The van der Waals surface area contributed by atoms with Crippen molar-refractivity contribution in [3.8, 4) is 17.1 Å². The molecule has 3 aromatic rings. The Hall–Kier alpha value is -3.08. The summed E-state index contributed by atoms with van der Waals surface area (Å²) in [5, 5.41) is 7.55. The van der Waals surface area contributed by atoms with Crippen molar-refractivity contribution in [2.45, 2.75) is 6.54 Å². The first-order valence-corrected chi connectivity index (χ1v) is 7.26. The average molecular weight is 306 g/mol. The van der Waals surface area contributed by atoms with Crippen LogP contribution in [0.15, 0.2) is 60.9 Å². The lowest BCUT2D eigenvalue weighted by molar-refractivity contribution is 0.415. The van der Waals surface area contributed by atoms with Gasteiger partial charge >= 0.3 is 0 Å². The largest absolute Gasteiger partial charge is 0.497 e. The number of benzene rings is 2. The predicted octanol–water partition coefficient (Wildman–Crippen LogP) is 2.89. The molecular formula is C18H18N4O. The second-order valence-corrected chi connectivity index (χ2v) is 5.22. The van der Waals surface area contributed by atoms with Gasteiger partial charge in [-0.05, 0) is 23.8 Å². The van der Waals surface area contributed by atoms with Gasteiger partial charge in [-0.25, -0.2) is 4.98 Å². The zero-order valence-corrected chi connectivity index (χ0v) is 12.9. The molecule has 3 N–H and O–H groups in total. The highest BCUT2D eigenvalue weighted by Crippen LogP contribution is 2.23. The van der Waals surface area contributed by atoms with Gasteiger partial charge < -0.3 is 15.0 Å². The summed E-state index contributed by atoms with van der Waals surface area (Å²) in [6, 6.07) is 15.5. The van der Waals surface area contributed by atoms with Crippen molar-refractivity contribution in [2.24, 2.45) is 5.73 Å². The van der Waals surface area contributed by atoms with E-state index in [1.807, 2.05) is 54.7 Å². The summed E-state index contributed by atoms with van der Waals surface area (Å²) in [7, 11) is 1.65. The van der Waals surface area contributed by atoms with E-state index in [0.717, 1.165) is 28.3 Å². The highest BCUT2D eigenvalue weighted by molar-refractivity contribution is 5.95. The summed E-state index contributed by atoms with van der Waals surface area (Å²) in [6.45, 7) is 0.660. The van der Waals surface area contributed by atoms with Crippen LogP contribution in [0.25, 0.3) is 11.4 Å². The highest BCUT2D eigenvalue weighted by Gasteiger charge is 2.08. The second-order valence-electron chi connectivity index (χ2n) is 5.22. The van der Waals surface area contributed by atoms with E-state index in [1.54, 1.807) is 13.3 Å². The van der Waals surface area contributed by atoms with Gasteiger partial charge in [0.15, 0.2) is 0 Å². The van der Waals surface area contributed by atoms with Crippen LogP contribution in [0.3, 0.4) is 0 Å². The number of imidazole rings is 1. The van der Waals surface area contributed by atoms with Crippen LogP contribution in [-0.2, 0) is 6.54 Å². The SMILES string of the molecule is COc1cccc(-c2nccn2Cc2cccc(C(=N)N)c2)c1. The van der Waals surface area contributed by atoms with Gasteiger partial charge in [-0.2, -0.15) is 0 Å². The van der Waals surface area contributed by atoms with Crippen molar-refractivity contribution in [2.75, 3.05) is 7.11 Å². The van der Waals surface area contributed by atoms with Gasteiger partial charge in [0.1, 0.15) is 17.4 Å². The minimum atomic E-state index is 0.0745. The first-order chi connectivity index (χ1) is 11.2. The van der Waals surface area contributed by atoms with Crippen molar-refractivity contribution in [3.63, 3.8) is 0 Å². The number of hydrogen-bond donors (Lipinski definition) is 2. The van der Waals surface area contributed by atoms with Gasteiger partial charge in [-0.1, -0.05) is 30.3 Å². The van der Waals surface area contributed by atoms with Crippen LogP contribution in [0.4, 0.5) is 0 Å². The summed E-state index contributed by atoms with van der Waals surface area (Å²) < 4.78 is 7.34. The maximum atomic E-state index is 7.55. The molecule has 0 saturated heterocycles. The molecule has 0 fully saturated rings. The van der Waals surface area contributed by atoms with Crippen molar-refractivity contribution in [1.29, 1.82) is 5.41 Å². The monoisotopic (exact) mass is 306 g/mol. The third-order valence-corrected chi connectivity index (χ3v) is 3.63. The fourth-order valence-corrected chi connectivity index (χ4v) is 2.49. The highest BCUT2D eigenvalue weighted by atomic mass is 16.5. The molecule has 3 rings (SSSR count). The third-order valence-electron chi connectivity index (χ3n) is 3.63. The number of nitrogens with zero attached hydrogens (tertiary/aromatic N) is 2. The molecule has 0 radical (unpaired) electrons. The Kier molecular flexibility index (Phi) is 4.10. The number of rotatable bonds is 5. The fraction of sp³-hybridized carbons (Fsp3) is 0.111. The number of hydrogen-bond acceptors (Lipinski definition) is 3. The molecule has 5 nitrogen and oxygen atoms in total. The fourth-order valence-electron chi connectivity index (χ4n) is 2.49. The van der Waals surface area contributed by atoms with Crippen LogP contribution in [0.5, 0.6) is 5.75 Å². The number of nitrogen functional groups attached to an aromatic ring is 1. The van der Waals surface area contributed by atoms with E-state index in [2.05, 4.69) is 9.55 Å². The van der Waals surface area contributed by atoms with E-state index in [0.29, 0.717) is 6.54 Å². The quantitative estimate of drug-likeness (QED) is 0.562. The third kappa shape index (κ3) is 3.23. The van der Waals surface area contributed by atoms with Gasteiger partial charge in [-0.15, -0.1) is 0 Å². The van der Waals surface area contributed by atoms with Crippen LogP contribution in [0.2, 0.25) is 0 Å². The molecule has 0 unspecified atom stereocenters. The van der Waals surface area contributed by atoms with E-state index in [4.69, 9.17) is 15.9 Å². The number of amidine groups is 1. The van der Waals surface area contributed by atoms with E-state index in [1.165, 1.54) is 0 Å². The normalized spacial score (nSPS) is 10.5. The molecule has 0 atom stereocenters. The molecule has 116 valence electrons. The average Bonchev–Trinajstić information content (AvgIpc) is 3.03. The maximum absolute atomic E-state index is 7.55. The molecule has 0 bridgehead atoms. The molecule has 0 amide bonds. The standard InChI is InChI=1S/C18H18N4O/c1-23-16-7-3-6-15(11-16)18-21-8-9-22(18)12-13-4-2-5-14(10-13)17(19)20/h2-11H,12H2,1H3,(H3,19,20). The smallest absolute Gasteiger partial charge is 0.140 e. The number of nitrogens with two attached hydrogens (primary N) is 1. The zero-order valence-electron chi connectivity index (χ0n) is 12.9. The van der Waals surface area contributed by atoms with Gasteiger partial charge in [0.05, 0.1) is 7.11 Å². The van der Waals surface area contributed by atoms with E-state index in [9.17, 15) is 0 Å². The minimum absolute atomic E-state index is 0.0745. The summed E-state index contributed by atoms with van der Waals surface area (Å²) >= 11 is 0. The Labute approximate surface area is 134 Å². The maximum Gasteiger partial charge on any atom is 0.140 e. The molecule has 0 aliphatic carbocycles. The van der Waals surface area contributed by atoms with E-state index < -0.39 is 0 Å². The van der Waals surface area contributed by atoms with Crippen LogP contribution < -0.4 is 10.5 Å². The van der Waals surface area contributed by atoms with E-state index in [-0.39, 0.29) is 5.84 Å². The minimum Gasteiger partial charge on any atom is -0.497 e. The molecule has 23 heavy (non-hydrogen) atoms. The first kappa shape index (κ1) is 14.8. The molecule has 0 saturated carbocycles. The lowest BCUT2D eigenvalue weighted by atomic mass is 10.1. The summed E-state index contributed by atoms with van der Waals surface area (Å²) in [4.78, 5) is 4.46. The van der Waals surface area contributed by atoms with E-state index >= 15 is 0 Å². The Morgan fingerprint density at radius 1 is 1.22 bits per heavy atom. The lowest BCUT2D eigenvalue weighted by Gasteiger charge is -2.10. The molecule has 0 aliphatic heterocycles. The van der Waals surface area contributed by atoms with Crippen molar-refractivity contribution >= 4 is 5.84 Å². The molecule has 0 aliphatic rings. The van der Waals surface area contributed by atoms with Gasteiger partial charge in [-0.3, -0.25) is 5.41 Å². The zero-order chi connectivity index (χ0) is 16.2. The van der Waals surface area contributed by atoms with Crippen LogP contribution in [-0.4, -0.2) is 22.5 Å². The van der Waals surface area contributed by atoms with Crippen molar-refractivity contribution in [1.82, 2.24) is 9.55 Å². The van der Waals surface area contributed by atoms with Gasteiger partial charge in [0, 0.05) is 30.1 Å². The topological polar surface area (TPSA) is 76.9 Å². The molecule has 5 heteroatoms. The Morgan fingerprint density at radius 3 is 2.83 bits per heavy atom.